The fourth-order valence-electron chi connectivity index (χ4n) is 3.67. The Bertz CT molecular complexity index is 823. The van der Waals surface area contributed by atoms with Gasteiger partial charge in [0.05, 0.1) is 6.04 Å². The molecule has 1 amide bonds. The molecule has 0 saturated carbocycles. The minimum Gasteiger partial charge on any atom is -0.481 e. The van der Waals surface area contributed by atoms with E-state index in [1.54, 1.807) is 6.92 Å². The van der Waals surface area contributed by atoms with Crippen LogP contribution in [0.5, 0.6) is 5.75 Å². The van der Waals surface area contributed by atoms with Gasteiger partial charge in [0.25, 0.3) is 5.91 Å². The number of hydrogen-bond donors (Lipinski definition) is 1. The van der Waals surface area contributed by atoms with Crippen LogP contribution in [-0.2, 0) is 17.6 Å². The van der Waals surface area contributed by atoms with Crippen molar-refractivity contribution in [1.29, 1.82) is 0 Å². The number of rotatable bonds is 5. The Morgan fingerprint density at radius 1 is 1.04 bits per heavy atom. The normalized spacial score (nSPS) is 15.6. The molecule has 0 heterocycles. The summed E-state index contributed by atoms with van der Waals surface area (Å²) in [6.45, 7) is 7.66. The summed E-state index contributed by atoms with van der Waals surface area (Å²) >= 11 is 6.20. The summed E-state index contributed by atoms with van der Waals surface area (Å²) in [5.41, 5.74) is 5.92. The highest BCUT2D eigenvalue weighted by atomic mass is 35.5. The largest absolute Gasteiger partial charge is 0.481 e. The third-order valence-corrected chi connectivity index (χ3v) is 5.92. The second kappa shape index (κ2) is 8.35. The molecule has 0 aromatic heterocycles. The van der Waals surface area contributed by atoms with Crippen molar-refractivity contribution in [3.05, 3.63) is 63.2 Å². The average Bonchev–Trinajstić information content (AvgIpc) is 2.65. The monoisotopic (exact) mass is 385 g/mol. The molecule has 1 aliphatic carbocycles. The maximum atomic E-state index is 12.6. The molecular weight excluding hydrogens is 358 g/mol. The molecule has 3 rings (SSSR count). The highest BCUT2D eigenvalue weighted by molar-refractivity contribution is 6.32. The van der Waals surface area contributed by atoms with E-state index in [2.05, 4.69) is 23.5 Å². The van der Waals surface area contributed by atoms with Crippen molar-refractivity contribution in [3.8, 4) is 5.75 Å². The third-order valence-electron chi connectivity index (χ3n) is 5.32. The highest BCUT2D eigenvalue weighted by Crippen LogP contribution is 2.27. The van der Waals surface area contributed by atoms with Crippen LogP contribution in [0, 0.1) is 13.8 Å². The molecule has 2 aromatic carbocycles. The summed E-state index contributed by atoms with van der Waals surface area (Å²) in [6, 6.07) is 10.3. The molecule has 0 radical (unpaired) electrons. The van der Waals surface area contributed by atoms with Gasteiger partial charge in [-0.25, -0.2) is 0 Å². The minimum absolute atomic E-state index is 0.0514. The van der Waals surface area contributed by atoms with Crippen molar-refractivity contribution in [2.75, 3.05) is 0 Å². The molecule has 0 bridgehead atoms. The second-order valence-electron chi connectivity index (χ2n) is 7.60. The van der Waals surface area contributed by atoms with Crippen LogP contribution in [-0.4, -0.2) is 12.0 Å². The van der Waals surface area contributed by atoms with Crippen LogP contribution in [0.15, 0.2) is 30.3 Å². The minimum atomic E-state index is -0.579. The maximum Gasteiger partial charge on any atom is 0.261 e. The Balaban J connectivity index is 1.64. The Hall–Kier alpha value is -2.00. The molecule has 144 valence electrons. The maximum absolute atomic E-state index is 12.6. The molecule has 2 unspecified atom stereocenters. The van der Waals surface area contributed by atoms with Crippen molar-refractivity contribution in [1.82, 2.24) is 5.32 Å². The second-order valence-corrected chi connectivity index (χ2v) is 7.97. The zero-order valence-corrected chi connectivity index (χ0v) is 17.3. The van der Waals surface area contributed by atoms with Gasteiger partial charge in [-0.1, -0.05) is 29.8 Å². The molecule has 0 saturated heterocycles. The zero-order chi connectivity index (χ0) is 19.6. The van der Waals surface area contributed by atoms with Crippen LogP contribution >= 0.6 is 11.6 Å². The summed E-state index contributed by atoms with van der Waals surface area (Å²) in [5, 5.41) is 3.81. The lowest BCUT2D eigenvalue weighted by molar-refractivity contribution is -0.127. The van der Waals surface area contributed by atoms with Gasteiger partial charge in [0, 0.05) is 5.02 Å². The van der Waals surface area contributed by atoms with E-state index in [0.717, 1.165) is 28.1 Å². The molecule has 1 N–H and O–H groups in total. The first-order chi connectivity index (χ1) is 12.8. The van der Waals surface area contributed by atoms with Gasteiger partial charge < -0.3 is 10.1 Å². The van der Waals surface area contributed by atoms with E-state index in [4.69, 9.17) is 16.3 Å². The molecule has 2 aromatic rings. The Morgan fingerprint density at radius 2 is 1.67 bits per heavy atom. The molecule has 3 nitrogen and oxygen atoms in total. The summed E-state index contributed by atoms with van der Waals surface area (Å²) in [4.78, 5) is 12.6. The zero-order valence-electron chi connectivity index (χ0n) is 16.6. The fraction of sp³-hybridized carbons (Fsp3) is 0.435. The van der Waals surface area contributed by atoms with E-state index in [1.165, 1.54) is 30.4 Å². The van der Waals surface area contributed by atoms with Crippen LogP contribution in [0.3, 0.4) is 0 Å². The Labute approximate surface area is 167 Å². The lowest BCUT2D eigenvalue weighted by Gasteiger charge is -2.22. The smallest absolute Gasteiger partial charge is 0.261 e. The van der Waals surface area contributed by atoms with E-state index >= 15 is 0 Å². The first-order valence-corrected chi connectivity index (χ1v) is 10.1. The molecule has 0 fully saturated rings. The van der Waals surface area contributed by atoms with E-state index in [0.29, 0.717) is 5.75 Å². The number of nitrogens with one attached hydrogen (secondary N) is 1. The van der Waals surface area contributed by atoms with Gasteiger partial charge in [-0.05, 0) is 93.3 Å². The summed E-state index contributed by atoms with van der Waals surface area (Å²) in [6.07, 6.45) is 4.25. The molecule has 0 aliphatic heterocycles. The van der Waals surface area contributed by atoms with Crippen LogP contribution in [0.2, 0.25) is 5.02 Å². The summed E-state index contributed by atoms with van der Waals surface area (Å²) in [7, 11) is 0. The van der Waals surface area contributed by atoms with E-state index in [9.17, 15) is 4.79 Å². The number of amides is 1. The Kier molecular flexibility index (Phi) is 6.11. The molecular formula is C23H28ClNO2. The number of hydrogen-bond acceptors (Lipinski definition) is 2. The highest BCUT2D eigenvalue weighted by Gasteiger charge is 2.19. The molecule has 2 atom stereocenters. The average molecular weight is 386 g/mol. The number of fused-ring (bicyclic) bond motifs is 1. The number of benzene rings is 2. The van der Waals surface area contributed by atoms with Crippen molar-refractivity contribution in [2.24, 2.45) is 0 Å². The van der Waals surface area contributed by atoms with Gasteiger partial charge in [0.15, 0.2) is 6.10 Å². The van der Waals surface area contributed by atoms with Gasteiger partial charge in [-0.3, -0.25) is 4.79 Å². The van der Waals surface area contributed by atoms with Crippen molar-refractivity contribution >= 4 is 17.5 Å². The number of carbonyl (C=O) groups excluding carboxylic acids is 1. The first-order valence-electron chi connectivity index (χ1n) is 9.70. The van der Waals surface area contributed by atoms with Gasteiger partial charge in [0.2, 0.25) is 0 Å². The van der Waals surface area contributed by atoms with E-state index < -0.39 is 6.10 Å². The van der Waals surface area contributed by atoms with Crippen LogP contribution < -0.4 is 10.1 Å². The molecule has 4 heteroatoms. The molecule has 0 spiro atoms. The summed E-state index contributed by atoms with van der Waals surface area (Å²) < 4.78 is 5.85. The van der Waals surface area contributed by atoms with Crippen LogP contribution in [0.25, 0.3) is 0 Å². The van der Waals surface area contributed by atoms with Gasteiger partial charge in [-0.2, -0.15) is 0 Å². The molecule has 1 aliphatic rings. The quantitative estimate of drug-likeness (QED) is 0.739. The Morgan fingerprint density at radius 3 is 2.33 bits per heavy atom. The fourth-order valence-corrected chi connectivity index (χ4v) is 3.78. The first kappa shape index (κ1) is 19.8. The number of ether oxygens (including phenoxy) is 1. The van der Waals surface area contributed by atoms with E-state index in [-0.39, 0.29) is 11.9 Å². The predicted molar refractivity (Wildman–Crippen MR) is 111 cm³/mol. The van der Waals surface area contributed by atoms with Gasteiger partial charge >= 0.3 is 0 Å². The third kappa shape index (κ3) is 4.65. The van der Waals surface area contributed by atoms with Crippen LogP contribution in [0.4, 0.5) is 0 Å². The summed E-state index contributed by atoms with van der Waals surface area (Å²) in [5.74, 6) is 0.545. The van der Waals surface area contributed by atoms with Gasteiger partial charge in [0.1, 0.15) is 5.75 Å². The predicted octanol–water partition coefficient (Wildman–Crippen LogP) is 5.48. The number of carbonyl (C=O) groups is 1. The van der Waals surface area contributed by atoms with Crippen LogP contribution in [0.1, 0.15) is 60.5 Å². The van der Waals surface area contributed by atoms with E-state index in [1.807, 2.05) is 32.9 Å². The van der Waals surface area contributed by atoms with Crippen molar-refractivity contribution < 1.29 is 9.53 Å². The lowest BCUT2D eigenvalue weighted by Crippen LogP contribution is -2.37. The van der Waals surface area contributed by atoms with Crippen molar-refractivity contribution in [3.63, 3.8) is 0 Å². The van der Waals surface area contributed by atoms with Gasteiger partial charge in [-0.15, -0.1) is 0 Å². The van der Waals surface area contributed by atoms with Crippen molar-refractivity contribution in [2.45, 2.75) is 65.5 Å². The standard InChI is InChI=1S/C23H28ClNO2/c1-14-11-21(12-15(2)22(14)24)27-17(4)23(26)25-16(3)19-10-9-18-7-5-6-8-20(18)13-19/h9-13,16-17H,5-8H2,1-4H3,(H,25,26). The number of halogens is 1. The molecule has 27 heavy (non-hydrogen) atoms. The SMILES string of the molecule is Cc1cc(OC(C)C(=O)NC(C)c2ccc3c(c2)CCCC3)cc(C)c1Cl. The lowest BCUT2D eigenvalue weighted by atomic mass is 9.89. The topological polar surface area (TPSA) is 38.3 Å². The number of aryl methyl sites for hydroxylation is 4.